The van der Waals surface area contributed by atoms with Crippen LogP contribution in [0.25, 0.3) is 0 Å². The van der Waals surface area contributed by atoms with Gasteiger partial charge in [-0.05, 0) is 36.3 Å². The molecule has 86 valence electrons. The van der Waals surface area contributed by atoms with Crippen molar-refractivity contribution in [1.29, 1.82) is 0 Å². The number of rotatable bonds is 2. The average molecular weight is 238 g/mol. The first-order valence-corrected chi connectivity index (χ1v) is 5.31. The number of hydrogen-bond acceptors (Lipinski definition) is 3. The summed E-state index contributed by atoms with van der Waals surface area (Å²) in [4.78, 5) is 10.9. The van der Waals surface area contributed by atoms with Gasteiger partial charge in [0.1, 0.15) is 0 Å². The predicted octanol–water partition coefficient (Wildman–Crippen LogP) is 2.30. The molecule has 0 aliphatic heterocycles. The Hall–Kier alpha value is -1.62. The molecule has 0 radical (unpaired) electrons. The van der Waals surface area contributed by atoms with Gasteiger partial charge in [-0.3, -0.25) is 5.32 Å². The maximum absolute atomic E-state index is 10.9. The lowest BCUT2D eigenvalue weighted by Gasteiger charge is -2.08. The van der Waals surface area contributed by atoms with Gasteiger partial charge in [-0.25, -0.2) is 4.79 Å². The van der Waals surface area contributed by atoms with Gasteiger partial charge in [0.05, 0.1) is 7.11 Å². The molecule has 0 bridgehead atoms. The molecule has 0 saturated carbocycles. The summed E-state index contributed by atoms with van der Waals surface area (Å²) in [5, 5.41) is 5.46. The minimum atomic E-state index is -0.581. The van der Waals surface area contributed by atoms with Gasteiger partial charge in [0.25, 0.3) is 0 Å². The zero-order valence-corrected chi connectivity index (χ0v) is 10.1. The van der Waals surface area contributed by atoms with E-state index >= 15 is 0 Å². The van der Waals surface area contributed by atoms with Crippen LogP contribution in [0.4, 0.5) is 10.5 Å². The second-order valence-corrected chi connectivity index (χ2v) is 3.53. The van der Waals surface area contributed by atoms with Gasteiger partial charge >= 0.3 is 6.09 Å². The van der Waals surface area contributed by atoms with Crippen molar-refractivity contribution >= 4 is 29.1 Å². The Kier molecular flexibility index (Phi) is 4.72. The van der Waals surface area contributed by atoms with E-state index in [4.69, 9.17) is 12.2 Å². The second kappa shape index (κ2) is 6.07. The van der Waals surface area contributed by atoms with Gasteiger partial charge < -0.3 is 10.1 Å². The number of nitrogens with one attached hydrogen (secondary N) is 2. The highest BCUT2D eigenvalue weighted by Crippen LogP contribution is 2.09. The molecule has 0 aromatic heterocycles. The third-order valence-corrected chi connectivity index (χ3v) is 2.23. The molecule has 0 saturated heterocycles. The molecular weight excluding hydrogens is 224 g/mol. The highest BCUT2D eigenvalue weighted by molar-refractivity contribution is 7.80. The highest BCUT2D eigenvalue weighted by Gasteiger charge is 2.02. The Bertz CT molecular complexity index is 376. The number of ether oxygens (including phenoxy) is 1. The minimum Gasteiger partial charge on any atom is -0.453 e. The number of methoxy groups -OCH3 is 1. The zero-order valence-electron chi connectivity index (χ0n) is 9.24. The molecule has 16 heavy (non-hydrogen) atoms. The lowest BCUT2D eigenvalue weighted by Crippen LogP contribution is -2.33. The van der Waals surface area contributed by atoms with E-state index in [2.05, 4.69) is 22.3 Å². The first kappa shape index (κ1) is 12.4. The maximum Gasteiger partial charge on any atom is 0.413 e. The predicted molar refractivity (Wildman–Crippen MR) is 67.6 cm³/mol. The Morgan fingerprint density at radius 1 is 1.38 bits per heavy atom. The van der Waals surface area contributed by atoms with Crippen molar-refractivity contribution in [3.8, 4) is 0 Å². The van der Waals surface area contributed by atoms with Crippen LogP contribution in [0.3, 0.4) is 0 Å². The molecule has 1 amide bonds. The number of amides is 1. The van der Waals surface area contributed by atoms with E-state index in [9.17, 15) is 4.79 Å². The Labute approximate surface area is 100.0 Å². The number of alkyl carbamates (subject to hydrolysis) is 1. The van der Waals surface area contributed by atoms with Crippen LogP contribution in [-0.4, -0.2) is 18.3 Å². The van der Waals surface area contributed by atoms with Crippen LogP contribution in [0.2, 0.25) is 0 Å². The molecule has 0 unspecified atom stereocenters. The summed E-state index contributed by atoms with van der Waals surface area (Å²) in [6.07, 6.45) is 0.410. The SMILES string of the molecule is CCc1ccc(NC(=S)NC(=O)OC)cc1. The third kappa shape index (κ3) is 3.86. The van der Waals surface area contributed by atoms with Crippen LogP contribution in [0.15, 0.2) is 24.3 Å². The summed E-state index contributed by atoms with van der Waals surface area (Å²) >= 11 is 4.92. The molecule has 1 rings (SSSR count). The molecule has 0 fully saturated rings. The number of carbonyl (C=O) groups excluding carboxylic acids is 1. The van der Waals surface area contributed by atoms with Crippen LogP contribution >= 0.6 is 12.2 Å². The normalized spacial score (nSPS) is 9.38. The standard InChI is InChI=1S/C11H14N2O2S/c1-3-8-4-6-9(7-5-8)12-10(16)13-11(14)15-2/h4-7H,3H2,1-2H3,(H2,12,13,14,16). The van der Waals surface area contributed by atoms with Crippen molar-refractivity contribution in [2.45, 2.75) is 13.3 Å². The summed E-state index contributed by atoms with van der Waals surface area (Å²) in [5.41, 5.74) is 2.08. The number of aryl methyl sites for hydroxylation is 1. The van der Waals surface area contributed by atoms with Gasteiger partial charge in [0.15, 0.2) is 5.11 Å². The van der Waals surface area contributed by atoms with Crippen LogP contribution in [0.5, 0.6) is 0 Å². The summed E-state index contributed by atoms with van der Waals surface area (Å²) in [6, 6.07) is 7.82. The molecule has 0 atom stereocenters. The Morgan fingerprint density at radius 2 is 2.00 bits per heavy atom. The number of hydrogen-bond donors (Lipinski definition) is 2. The van der Waals surface area contributed by atoms with E-state index in [-0.39, 0.29) is 5.11 Å². The van der Waals surface area contributed by atoms with E-state index in [1.54, 1.807) is 0 Å². The van der Waals surface area contributed by atoms with E-state index < -0.39 is 6.09 Å². The van der Waals surface area contributed by atoms with Crippen molar-refractivity contribution in [2.75, 3.05) is 12.4 Å². The minimum absolute atomic E-state index is 0.219. The molecular formula is C11H14N2O2S. The molecule has 0 spiro atoms. The van der Waals surface area contributed by atoms with E-state index in [0.717, 1.165) is 12.1 Å². The van der Waals surface area contributed by atoms with Gasteiger partial charge in [-0.1, -0.05) is 19.1 Å². The van der Waals surface area contributed by atoms with Crippen molar-refractivity contribution in [3.05, 3.63) is 29.8 Å². The fourth-order valence-electron chi connectivity index (χ4n) is 1.13. The molecule has 1 aromatic carbocycles. The monoisotopic (exact) mass is 238 g/mol. The van der Waals surface area contributed by atoms with Crippen molar-refractivity contribution in [3.63, 3.8) is 0 Å². The number of carbonyl (C=O) groups is 1. The van der Waals surface area contributed by atoms with Crippen LogP contribution in [0.1, 0.15) is 12.5 Å². The first-order chi connectivity index (χ1) is 7.65. The molecule has 0 heterocycles. The Morgan fingerprint density at radius 3 is 2.50 bits per heavy atom. The lowest BCUT2D eigenvalue weighted by atomic mass is 10.1. The van der Waals surface area contributed by atoms with Gasteiger partial charge in [-0.2, -0.15) is 0 Å². The van der Waals surface area contributed by atoms with Crippen molar-refractivity contribution in [1.82, 2.24) is 5.32 Å². The highest BCUT2D eigenvalue weighted by atomic mass is 32.1. The van der Waals surface area contributed by atoms with Crippen LogP contribution < -0.4 is 10.6 Å². The van der Waals surface area contributed by atoms with E-state index in [0.29, 0.717) is 0 Å². The number of thiocarbonyl (C=S) groups is 1. The molecule has 0 aliphatic carbocycles. The van der Waals surface area contributed by atoms with Crippen molar-refractivity contribution < 1.29 is 9.53 Å². The third-order valence-electron chi connectivity index (χ3n) is 2.02. The molecule has 0 aliphatic rings. The second-order valence-electron chi connectivity index (χ2n) is 3.12. The van der Waals surface area contributed by atoms with Crippen LogP contribution in [0, 0.1) is 0 Å². The number of benzene rings is 1. The molecule has 2 N–H and O–H groups in total. The molecule has 4 nitrogen and oxygen atoms in total. The lowest BCUT2D eigenvalue weighted by molar-refractivity contribution is 0.177. The summed E-state index contributed by atoms with van der Waals surface area (Å²) < 4.78 is 4.42. The first-order valence-electron chi connectivity index (χ1n) is 4.90. The summed E-state index contributed by atoms with van der Waals surface area (Å²) in [5.74, 6) is 0. The molecule has 5 heteroatoms. The van der Waals surface area contributed by atoms with Gasteiger partial charge in [-0.15, -0.1) is 0 Å². The van der Waals surface area contributed by atoms with Gasteiger partial charge in [0.2, 0.25) is 0 Å². The zero-order chi connectivity index (χ0) is 12.0. The maximum atomic E-state index is 10.9. The van der Waals surface area contributed by atoms with E-state index in [1.165, 1.54) is 12.7 Å². The van der Waals surface area contributed by atoms with Crippen LogP contribution in [-0.2, 0) is 11.2 Å². The average Bonchev–Trinajstić information content (AvgIpc) is 2.29. The topological polar surface area (TPSA) is 50.4 Å². The van der Waals surface area contributed by atoms with Gasteiger partial charge in [0, 0.05) is 5.69 Å². The van der Waals surface area contributed by atoms with Crippen molar-refractivity contribution in [2.24, 2.45) is 0 Å². The number of anilines is 1. The fraction of sp³-hybridized carbons (Fsp3) is 0.273. The smallest absolute Gasteiger partial charge is 0.413 e. The summed E-state index contributed by atoms with van der Waals surface area (Å²) in [7, 11) is 1.29. The summed E-state index contributed by atoms with van der Waals surface area (Å²) in [6.45, 7) is 2.09. The van der Waals surface area contributed by atoms with E-state index in [1.807, 2.05) is 24.3 Å². The quantitative estimate of drug-likeness (QED) is 0.776. The Balaban J connectivity index is 2.52. The largest absolute Gasteiger partial charge is 0.453 e. The molecule has 1 aromatic rings. The fourth-order valence-corrected chi connectivity index (χ4v) is 1.33.